The number of hydrogen-bond acceptors (Lipinski definition) is 6. The van der Waals surface area contributed by atoms with Gasteiger partial charge in [-0.25, -0.2) is 4.98 Å². The largest absolute Gasteiger partial charge is 0.345 e. The highest BCUT2D eigenvalue weighted by Gasteiger charge is 2.10. The summed E-state index contributed by atoms with van der Waals surface area (Å²) in [5.74, 6) is 1.38. The van der Waals surface area contributed by atoms with E-state index in [1.165, 1.54) is 4.70 Å². The van der Waals surface area contributed by atoms with Gasteiger partial charge in [0.15, 0.2) is 15.8 Å². The third-order valence-corrected chi connectivity index (χ3v) is 6.89. The first-order valence-electron chi connectivity index (χ1n) is 9.40. The average Bonchev–Trinajstić information content (AvgIpc) is 3.40. The predicted molar refractivity (Wildman–Crippen MR) is 120 cm³/mol. The van der Waals surface area contributed by atoms with Crippen LogP contribution in [0, 0.1) is 0 Å². The molecular weight excluding hydrogens is 414 g/mol. The van der Waals surface area contributed by atoms with Crippen LogP contribution >= 0.6 is 23.1 Å². The summed E-state index contributed by atoms with van der Waals surface area (Å²) in [5, 5.41) is 11.1. The topological polar surface area (TPSA) is 72.2 Å². The van der Waals surface area contributed by atoms with Crippen molar-refractivity contribution >= 4 is 44.9 Å². The minimum absolute atomic E-state index is 0.131. The lowest BCUT2D eigenvalue weighted by molar-refractivity contribution is 0.0950. The molecule has 1 N–H and O–H groups in total. The zero-order chi connectivity index (χ0) is 20.3. The number of carbonyl (C=O) groups is 1. The van der Waals surface area contributed by atoms with E-state index in [0.29, 0.717) is 17.9 Å². The number of para-hydroxylation sites is 1. The molecule has 30 heavy (non-hydrogen) atoms. The Morgan fingerprint density at radius 2 is 1.83 bits per heavy atom. The maximum atomic E-state index is 12.5. The molecule has 148 valence electrons. The summed E-state index contributed by atoms with van der Waals surface area (Å²) in [6, 6.07) is 21.5. The molecular formula is C22H17N5OS2. The summed E-state index contributed by atoms with van der Waals surface area (Å²) in [6.07, 6.45) is 1.88. The Labute approximate surface area is 181 Å². The van der Waals surface area contributed by atoms with Gasteiger partial charge in [-0.15, -0.1) is 21.5 Å². The number of rotatable bonds is 6. The van der Waals surface area contributed by atoms with Crippen molar-refractivity contribution in [2.24, 2.45) is 0 Å². The van der Waals surface area contributed by atoms with Crippen LogP contribution in [0.2, 0.25) is 0 Å². The highest BCUT2D eigenvalue weighted by molar-refractivity contribution is 8.00. The van der Waals surface area contributed by atoms with Crippen molar-refractivity contribution < 1.29 is 4.79 Å². The molecule has 1 amide bonds. The number of thiazole rings is 1. The Morgan fingerprint density at radius 3 is 2.70 bits per heavy atom. The van der Waals surface area contributed by atoms with E-state index in [4.69, 9.17) is 0 Å². The SMILES string of the molecule is O=C(NCc1nnc2ccccn12)c1ccc(CSc2nc3ccccc3s2)cc1. The maximum absolute atomic E-state index is 12.5. The lowest BCUT2D eigenvalue weighted by Gasteiger charge is -2.05. The van der Waals surface area contributed by atoms with Crippen molar-refractivity contribution in [3.63, 3.8) is 0 Å². The van der Waals surface area contributed by atoms with Gasteiger partial charge >= 0.3 is 0 Å². The first-order valence-corrected chi connectivity index (χ1v) is 11.2. The van der Waals surface area contributed by atoms with Crippen LogP contribution in [0.1, 0.15) is 21.7 Å². The van der Waals surface area contributed by atoms with Crippen LogP contribution < -0.4 is 5.32 Å². The zero-order valence-electron chi connectivity index (χ0n) is 15.9. The van der Waals surface area contributed by atoms with Crippen LogP contribution in [0.3, 0.4) is 0 Å². The van der Waals surface area contributed by atoms with Gasteiger partial charge < -0.3 is 5.32 Å². The van der Waals surface area contributed by atoms with Crippen molar-refractivity contribution in [3.8, 4) is 0 Å². The van der Waals surface area contributed by atoms with Gasteiger partial charge in [0.1, 0.15) is 0 Å². The molecule has 6 nitrogen and oxygen atoms in total. The smallest absolute Gasteiger partial charge is 0.251 e. The Morgan fingerprint density at radius 1 is 1.00 bits per heavy atom. The van der Waals surface area contributed by atoms with E-state index in [9.17, 15) is 4.79 Å². The predicted octanol–water partition coefficient (Wildman–Crippen LogP) is 4.56. The lowest BCUT2D eigenvalue weighted by Crippen LogP contribution is -2.23. The van der Waals surface area contributed by atoms with Gasteiger partial charge in [-0.05, 0) is 42.0 Å². The molecule has 0 unspecified atom stereocenters. The highest BCUT2D eigenvalue weighted by atomic mass is 32.2. The second-order valence-electron chi connectivity index (χ2n) is 6.66. The van der Waals surface area contributed by atoms with Gasteiger partial charge in [0.25, 0.3) is 5.91 Å². The standard InChI is InChI=1S/C22H17N5OS2/c28-21(23-13-20-26-25-19-7-3-4-12-27(19)20)16-10-8-15(9-11-16)14-29-22-24-17-5-1-2-6-18(17)30-22/h1-12H,13-14H2,(H,23,28). The van der Waals surface area contributed by atoms with Gasteiger partial charge in [0.05, 0.1) is 16.8 Å². The van der Waals surface area contributed by atoms with E-state index >= 15 is 0 Å². The summed E-state index contributed by atoms with van der Waals surface area (Å²) in [4.78, 5) is 17.1. The third kappa shape index (κ3) is 3.92. The normalized spacial score (nSPS) is 11.2. The van der Waals surface area contributed by atoms with E-state index in [-0.39, 0.29) is 5.91 Å². The minimum atomic E-state index is -0.131. The fourth-order valence-corrected chi connectivity index (χ4v) is 5.11. The van der Waals surface area contributed by atoms with Crippen LogP contribution in [-0.4, -0.2) is 25.5 Å². The minimum Gasteiger partial charge on any atom is -0.345 e. The first-order chi connectivity index (χ1) is 14.8. The Kier molecular flexibility index (Phi) is 5.17. The maximum Gasteiger partial charge on any atom is 0.251 e. The molecule has 2 aromatic carbocycles. The highest BCUT2D eigenvalue weighted by Crippen LogP contribution is 2.31. The number of aromatic nitrogens is 4. The fraction of sp³-hybridized carbons (Fsp3) is 0.0909. The van der Waals surface area contributed by atoms with Crippen molar-refractivity contribution in [1.82, 2.24) is 24.9 Å². The molecule has 8 heteroatoms. The van der Waals surface area contributed by atoms with Crippen LogP contribution in [0.4, 0.5) is 0 Å². The molecule has 5 rings (SSSR count). The van der Waals surface area contributed by atoms with E-state index in [1.807, 2.05) is 71.3 Å². The summed E-state index contributed by atoms with van der Waals surface area (Å²) in [7, 11) is 0. The molecule has 0 aliphatic rings. The molecule has 0 atom stereocenters. The van der Waals surface area contributed by atoms with E-state index in [2.05, 4.69) is 26.6 Å². The summed E-state index contributed by atoms with van der Waals surface area (Å²) in [6.45, 7) is 0.319. The second-order valence-corrected chi connectivity index (χ2v) is 8.91. The van der Waals surface area contributed by atoms with Crippen LogP contribution in [-0.2, 0) is 12.3 Å². The number of hydrogen-bond donors (Lipinski definition) is 1. The van der Waals surface area contributed by atoms with Gasteiger partial charge in [0, 0.05) is 17.5 Å². The number of amides is 1. The molecule has 3 heterocycles. The van der Waals surface area contributed by atoms with Gasteiger partial charge in [-0.1, -0.05) is 42.1 Å². The Hall–Kier alpha value is -3.23. The number of benzene rings is 2. The van der Waals surface area contributed by atoms with Gasteiger partial charge in [-0.2, -0.15) is 0 Å². The summed E-state index contributed by atoms with van der Waals surface area (Å²) in [5.41, 5.74) is 3.58. The molecule has 0 radical (unpaired) electrons. The van der Waals surface area contributed by atoms with Crippen LogP contribution in [0.15, 0.2) is 77.3 Å². The number of carbonyl (C=O) groups excluding carboxylic acids is 1. The third-order valence-electron chi connectivity index (χ3n) is 4.64. The molecule has 5 aromatic rings. The molecule has 0 aliphatic carbocycles. The van der Waals surface area contributed by atoms with Gasteiger partial charge in [-0.3, -0.25) is 9.20 Å². The quantitative estimate of drug-likeness (QED) is 0.399. The Balaban J connectivity index is 1.19. The summed E-state index contributed by atoms with van der Waals surface area (Å²) < 4.78 is 4.12. The molecule has 0 bridgehead atoms. The average molecular weight is 432 g/mol. The number of nitrogens with zero attached hydrogens (tertiary/aromatic N) is 4. The molecule has 0 saturated heterocycles. The van der Waals surface area contributed by atoms with Crippen LogP contribution in [0.25, 0.3) is 15.9 Å². The molecule has 0 spiro atoms. The van der Waals surface area contributed by atoms with Crippen molar-refractivity contribution in [2.45, 2.75) is 16.6 Å². The lowest BCUT2D eigenvalue weighted by atomic mass is 10.1. The zero-order valence-corrected chi connectivity index (χ0v) is 17.5. The van der Waals surface area contributed by atoms with E-state index in [1.54, 1.807) is 23.1 Å². The number of fused-ring (bicyclic) bond motifs is 2. The van der Waals surface area contributed by atoms with E-state index in [0.717, 1.165) is 26.8 Å². The second kappa shape index (κ2) is 8.25. The van der Waals surface area contributed by atoms with Gasteiger partial charge in [0.2, 0.25) is 0 Å². The number of thioether (sulfide) groups is 1. The fourth-order valence-electron chi connectivity index (χ4n) is 3.08. The number of pyridine rings is 1. The molecule has 3 aromatic heterocycles. The molecule has 0 fully saturated rings. The van der Waals surface area contributed by atoms with Crippen molar-refractivity contribution in [3.05, 3.63) is 89.9 Å². The number of nitrogens with one attached hydrogen (secondary N) is 1. The monoisotopic (exact) mass is 431 g/mol. The Bertz CT molecular complexity index is 1290. The van der Waals surface area contributed by atoms with E-state index < -0.39 is 0 Å². The van der Waals surface area contributed by atoms with Crippen LogP contribution in [0.5, 0.6) is 0 Å². The summed E-state index contributed by atoms with van der Waals surface area (Å²) >= 11 is 3.42. The molecule has 0 saturated carbocycles. The first kappa shape index (κ1) is 18.8. The molecule has 0 aliphatic heterocycles. The van der Waals surface area contributed by atoms with Crippen molar-refractivity contribution in [2.75, 3.05) is 0 Å². The van der Waals surface area contributed by atoms with Crippen molar-refractivity contribution in [1.29, 1.82) is 0 Å².